The SMILES string of the molecule is COc1ccccc1-c1nnc(NC(=O)c2ccc3c(c2)CCCC3)o1. The minimum atomic E-state index is -0.256. The molecule has 0 unspecified atom stereocenters. The number of carbonyl (C=O) groups is 1. The molecule has 2 aromatic carbocycles. The largest absolute Gasteiger partial charge is 0.496 e. The van der Waals surface area contributed by atoms with Gasteiger partial charge in [0.15, 0.2) is 0 Å². The molecule has 1 N–H and O–H groups in total. The van der Waals surface area contributed by atoms with Gasteiger partial charge in [0.05, 0.1) is 12.7 Å². The number of hydrogen-bond donors (Lipinski definition) is 1. The summed E-state index contributed by atoms with van der Waals surface area (Å²) < 4.78 is 10.9. The van der Waals surface area contributed by atoms with E-state index in [0.29, 0.717) is 22.8 Å². The number of hydrogen-bond acceptors (Lipinski definition) is 5. The van der Waals surface area contributed by atoms with Gasteiger partial charge < -0.3 is 9.15 Å². The molecule has 0 fully saturated rings. The van der Waals surface area contributed by atoms with Crippen LogP contribution in [-0.2, 0) is 12.8 Å². The highest BCUT2D eigenvalue weighted by Gasteiger charge is 2.17. The lowest BCUT2D eigenvalue weighted by atomic mass is 9.90. The van der Waals surface area contributed by atoms with E-state index in [2.05, 4.69) is 15.5 Å². The molecule has 0 saturated heterocycles. The third-order valence-electron chi connectivity index (χ3n) is 4.59. The molecule has 3 aromatic rings. The Morgan fingerprint density at radius 3 is 2.73 bits per heavy atom. The topological polar surface area (TPSA) is 77.3 Å². The second kappa shape index (κ2) is 7.00. The Hall–Kier alpha value is -3.15. The number of rotatable bonds is 4. The van der Waals surface area contributed by atoms with Crippen molar-refractivity contribution in [2.24, 2.45) is 0 Å². The minimum absolute atomic E-state index is 0.0635. The lowest BCUT2D eigenvalue weighted by molar-refractivity contribution is 0.102. The van der Waals surface area contributed by atoms with Gasteiger partial charge in [-0.3, -0.25) is 10.1 Å². The van der Waals surface area contributed by atoms with E-state index in [-0.39, 0.29) is 11.9 Å². The Labute approximate surface area is 151 Å². The molecule has 1 amide bonds. The summed E-state index contributed by atoms with van der Waals surface area (Å²) in [6.07, 6.45) is 4.49. The maximum absolute atomic E-state index is 12.5. The van der Waals surface area contributed by atoms with Crippen LogP contribution in [0, 0.1) is 0 Å². The molecule has 1 aliphatic carbocycles. The van der Waals surface area contributed by atoms with E-state index in [4.69, 9.17) is 9.15 Å². The third-order valence-corrected chi connectivity index (χ3v) is 4.59. The van der Waals surface area contributed by atoms with Gasteiger partial charge in [-0.1, -0.05) is 23.3 Å². The van der Waals surface area contributed by atoms with Gasteiger partial charge in [0.25, 0.3) is 11.8 Å². The van der Waals surface area contributed by atoms with E-state index in [1.807, 2.05) is 42.5 Å². The Kier molecular flexibility index (Phi) is 4.39. The molecule has 0 aliphatic heterocycles. The van der Waals surface area contributed by atoms with Gasteiger partial charge in [0, 0.05) is 5.56 Å². The summed E-state index contributed by atoms with van der Waals surface area (Å²) in [4.78, 5) is 12.5. The normalized spacial score (nSPS) is 13.1. The summed E-state index contributed by atoms with van der Waals surface area (Å²) in [5.41, 5.74) is 3.87. The summed E-state index contributed by atoms with van der Waals surface area (Å²) in [5.74, 6) is 0.667. The molecule has 6 heteroatoms. The molecule has 132 valence electrons. The highest BCUT2D eigenvalue weighted by atomic mass is 16.5. The summed E-state index contributed by atoms with van der Waals surface area (Å²) >= 11 is 0. The van der Waals surface area contributed by atoms with E-state index in [1.165, 1.54) is 24.0 Å². The van der Waals surface area contributed by atoms with Crippen molar-refractivity contribution in [3.8, 4) is 17.2 Å². The molecule has 0 bridgehead atoms. The zero-order valence-electron chi connectivity index (χ0n) is 14.5. The van der Waals surface area contributed by atoms with Crippen LogP contribution in [0.2, 0.25) is 0 Å². The Balaban J connectivity index is 1.53. The average molecular weight is 349 g/mol. The van der Waals surface area contributed by atoms with Crippen LogP contribution in [0.4, 0.5) is 6.01 Å². The first-order valence-electron chi connectivity index (χ1n) is 8.64. The lowest BCUT2D eigenvalue weighted by Crippen LogP contribution is -2.13. The van der Waals surface area contributed by atoms with Crippen LogP contribution in [0.15, 0.2) is 46.9 Å². The second-order valence-electron chi connectivity index (χ2n) is 6.26. The van der Waals surface area contributed by atoms with Gasteiger partial charge >= 0.3 is 6.01 Å². The number of fused-ring (bicyclic) bond motifs is 1. The molecule has 6 nitrogen and oxygen atoms in total. The van der Waals surface area contributed by atoms with Crippen molar-refractivity contribution in [3.05, 3.63) is 59.2 Å². The first-order chi connectivity index (χ1) is 12.7. The molecular weight excluding hydrogens is 330 g/mol. The third kappa shape index (κ3) is 3.18. The molecule has 1 aromatic heterocycles. The van der Waals surface area contributed by atoms with Gasteiger partial charge in [-0.15, -0.1) is 5.10 Å². The standard InChI is InChI=1S/C20H19N3O3/c1-25-17-9-5-4-8-16(17)19-22-23-20(26-19)21-18(24)15-11-10-13-6-2-3-7-14(13)12-15/h4-5,8-12H,2-3,6-7H2,1H3,(H,21,23,24). The monoisotopic (exact) mass is 349 g/mol. The summed E-state index contributed by atoms with van der Waals surface area (Å²) in [7, 11) is 1.58. The number of anilines is 1. The number of aromatic nitrogens is 2. The van der Waals surface area contributed by atoms with Crippen molar-refractivity contribution in [3.63, 3.8) is 0 Å². The minimum Gasteiger partial charge on any atom is -0.496 e. The molecule has 0 radical (unpaired) electrons. The number of aryl methyl sites for hydroxylation is 2. The van der Waals surface area contributed by atoms with Crippen molar-refractivity contribution in [1.29, 1.82) is 0 Å². The Morgan fingerprint density at radius 2 is 1.88 bits per heavy atom. The first kappa shape index (κ1) is 16.3. The van der Waals surface area contributed by atoms with Crippen molar-refractivity contribution >= 4 is 11.9 Å². The fourth-order valence-corrected chi connectivity index (χ4v) is 3.25. The smallest absolute Gasteiger partial charge is 0.322 e. The molecule has 1 aliphatic rings. The second-order valence-corrected chi connectivity index (χ2v) is 6.26. The van der Waals surface area contributed by atoms with Crippen LogP contribution >= 0.6 is 0 Å². The van der Waals surface area contributed by atoms with E-state index >= 15 is 0 Å². The summed E-state index contributed by atoms with van der Waals surface area (Å²) in [6.45, 7) is 0. The fraction of sp³-hybridized carbons (Fsp3) is 0.250. The van der Waals surface area contributed by atoms with E-state index in [9.17, 15) is 4.79 Å². The number of para-hydroxylation sites is 1. The number of benzene rings is 2. The number of amides is 1. The number of carbonyl (C=O) groups excluding carboxylic acids is 1. The van der Waals surface area contributed by atoms with Gasteiger partial charge in [-0.25, -0.2) is 0 Å². The van der Waals surface area contributed by atoms with E-state index in [0.717, 1.165) is 12.8 Å². The highest BCUT2D eigenvalue weighted by Crippen LogP contribution is 2.29. The van der Waals surface area contributed by atoms with E-state index in [1.54, 1.807) is 7.11 Å². The molecule has 0 saturated carbocycles. The number of nitrogens with one attached hydrogen (secondary N) is 1. The van der Waals surface area contributed by atoms with Crippen LogP contribution in [0.5, 0.6) is 5.75 Å². The molecular formula is C20H19N3O3. The van der Waals surface area contributed by atoms with Crippen molar-refractivity contribution in [2.45, 2.75) is 25.7 Å². The number of nitrogens with zero attached hydrogens (tertiary/aromatic N) is 2. The maximum Gasteiger partial charge on any atom is 0.322 e. The quantitative estimate of drug-likeness (QED) is 0.773. The summed E-state index contributed by atoms with van der Waals surface area (Å²) in [6, 6.07) is 13.3. The predicted molar refractivity (Wildman–Crippen MR) is 97.3 cm³/mol. The number of ether oxygens (including phenoxy) is 1. The highest BCUT2D eigenvalue weighted by molar-refractivity contribution is 6.03. The van der Waals surface area contributed by atoms with Crippen molar-refractivity contribution in [2.75, 3.05) is 12.4 Å². The number of methoxy groups -OCH3 is 1. The Bertz CT molecular complexity index is 949. The lowest BCUT2D eigenvalue weighted by Gasteiger charge is -2.16. The van der Waals surface area contributed by atoms with Crippen molar-refractivity contribution in [1.82, 2.24) is 10.2 Å². The van der Waals surface area contributed by atoms with Gasteiger partial charge in [-0.2, -0.15) is 0 Å². The van der Waals surface area contributed by atoms with Crippen LogP contribution in [0.1, 0.15) is 34.3 Å². The molecule has 0 spiro atoms. The zero-order chi connectivity index (χ0) is 17.9. The van der Waals surface area contributed by atoms with Crippen LogP contribution in [0.3, 0.4) is 0 Å². The van der Waals surface area contributed by atoms with Crippen LogP contribution in [-0.4, -0.2) is 23.2 Å². The van der Waals surface area contributed by atoms with Crippen molar-refractivity contribution < 1.29 is 13.9 Å². The van der Waals surface area contributed by atoms with Crippen LogP contribution < -0.4 is 10.1 Å². The molecule has 0 atom stereocenters. The molecule has 4 rings (SSSR count). The maximum atomic E-state index is 12.5. The molecule has 1 heterocycles. The Morgan fingerprint density at radius 1 is 1.08 bits per heavy atom. The van der Waals surface area contributed by atoms with Gasteiger partial charge in [0.1, 0.15) is 5.75 Å². The average Bonchev–Trinajstić information content (AvgIpc) is 3.15. The fourth-order valence-electron chi connectivity index (χ4n) is 3.25. The van der Waals surface area contributed by atoms with Gasteiger partial charge in [0.2, 0.25) is 0 Å². The van der Waals surface area contributed by atoms with Gasteiger partial charge in [-0.05, 0) is 61.1 Å². The first-order valence-corrected chi connectivity index (χ1v) is 8.64. The van der Waals surface area contributed by atoms with E-state index < -0.39 is 0 Å². The predicted octanol–water partition coefficient (Wildman–Crippen LogP) is 3.88. The zero-order valence-corrected chi connectivity index (χ0v) is 14.5. The molecule has 26 heavy (non-hydrogen) atoms. The summed E-state index contributed by atoms with van der Waals surface area (Å²) in [5, 5.41) is 10.6. The van der Waals surface area contributed by atoms with Crippen LogP contribution in [0.25, 0.3) is 11.5 Å².